The zero-order valence-electron chi connectivity index (χ0n) is 11.3. The van der Waals surface area contributed by atoms with Gasteiger partial charge in [-0.15, -0.1) is 0 Å². The average Bonchev–Trinajstić information content (AvgIpc) is 2.58. The molecule has 3 heteroatoms. The Morgan fingerprint density at radius 2 is 1.82 bits per heavy atom. The molecule has 1 saturated heterocycles. The molecule has 2 aliphatic rings. The molecule has 0 aromatic carbocycles. The molecule has 0 aromatic heterocycles. The van der Waals surface area contributed by atoms with E-state index in [0.717, 1.165) is 13.1 Å². The number of carboxylic acids is 1. The molecule has 0 bridgehead atoms. The van der Waals surface area contributed by atoms with Crippen LogP contribution in [0.3, 0.4) is 0 Å². The summed E-state index contributed by atoms with van der Waals surface area (Å²) < 4.78 is 0. The zero-order chi connectivity index (χ0) is 12.7. The normalized spacial score (nSPS) is 25.8. The number of hydrogen-bond donors (Lipinski definition) is 1. The lowest BCUT2D eigenvalue weighted by atomic mass is 9.73. The van der Waals surface area contributed by atoms with Crippen LogP contribution in [0.2, 0.25) is 0 Å². The number of hydrogen-bond acceptors (Lipinski definition) is 2. The van der Waals surface area contributed by atoms with Crippen molar-refractivity contribution in [2.45, 2.75) is 58.9 Å². The first-order valence-corrected chi connectivity index (χ1v) is 6.78. The standard InChI is InChI=1S/C14H25NO2/c1-13(2,3)11(8-12(16)17)15-9-14(10-15)6-4-5-7-14/h11H,4-10H2,1-3H3,(H,16,17). The van der Waals surface area contributed by atoms with Crippen molar-refractivity contribution >= 4 is 5.97 Å². The highest BCUT2D eigenvalue weighted by molar-refractivity contribution is 5.67. The Hall–Kier alpha value is -0.570. The van der Waals surface area contributed by atoms with E-state index in [1.165, 1.54) is 25.7 Å². The second kappa shape index (κ2) is 4.27. The molecule has 1 N–H and O–H groups in total. The van der Waals surface area contributed by atoms with E-state index in [9.17, 15) is 4.79 Å². The van der Waals surface area contributed by atoms with E-state index >= 15 is 0 Å². The highest BCUT2D eigenvalue weighted by Gasteiger charge is 2.49. The molecule has 0 amide bonds. The average molecular weight is 239 g/mol. The second-order valence-electron chi connectivity index (χ2n) is 7.09. The van der Waals surface area contributed by atoms with Gasteiger partial charge in [0.25, 0.3) is 0 Å². The molecule has 1 heterocycles. The first-order valence-electron chi connectivity index (χ1n) is 6.78. The maximum atomic E-state index is 11.0. The van der Waals surface area contributed by atoms with Gasteiger partial charge in [-0.05, 0) is 23.7 Å². The lowest BCUT2D eigenvalue weighted by Gasteiger charge is -2.54. The molecule has 2 fully saturated rings. The fraction of sp³-hybridized carbons (Fsp3) is 0.929. The molecule has 1 atom stereocenters. The summed E-state index contributed by atoms with van der Waals surface area (Å²) in [6, 6.07) is 0.186. The van der Waals surface area contributed by atoms with E-state index < -0.39 is 5.97 Å². The Balaban J connectivity index is 1.97. The molecule has 1 aliphatic heterocycles. The Labute approximate surface area is 104 Å². The van der Waals surface area contributed by atoms with Gasteiger partial charge in [0.15, 0.2) is 0 Å². The molecule has 17 heavy (non-hydrogen) atoms. The van der Waals surface area contributed by atoms with Gasteiger partial charge in [-0.1, -0.05) is 33.6 Å². The SMILES string of the molecule is CC(C)(C)C(CC(=O)O)N1CC2(CCCC2)C1. The van der Waals surface area contributed by atoms with E-state index in [4.69, 9.17) is 5.11 Å². The van der Waals surface area contributed by atoms with Crippen LogP contribution in [0.1, 0.15) is 52.9 Å². The van der Waals surface area contributed by atoms with Crippen molar-refractivity contribution < 1.29 is 9.90 Å². The van der Waals surface area contributed by atoms with Crippen molar-refractivity contribution in [2.24, 2.45) is 10.8 Å². The van der Waals surface area contributed by atoms with Crippen molar-refractivity contribution in [2.75, 3.05) is 13.1 Å². The van der Waals surface area contributed by atoms with Crippen molar-refractivity contribution in [1.82, 2.24) is 4.90 Å². The Morgan fingerprint density at radius 3 is 2.24 bits per heavy atom. The van der Waals surface area contributed by atoms with Crippen LogP contribution in [-0.2, 0) is 4.79 Å². The first-order chi connectivity index (χ1) is 7.82. The molecule has 0 radical (unpaired) electrons. The largest absolute Gasteiger partial charge is 0.481 e. The minimum Gasteiger partial charge on any atom is -0.481 e. The Morgan fingerprint density at radius 1 is 1.29 bits per heavy atom. The summed E-state index contributed by atoms with van der Waals surface area (Å²) in [5.41, 5.74) is 0.612. The van der Waals surface area contributed by atoms with Crippen molar-refractivity contribution in [1.29, 1.82) is 0 Å². The molecular formula is C14H25NO2. The minimum atomic E-state index is -0.669. The van der Waals surface area contributed by atoms with Crippen LogP contribution in [0.25, 0.3) is 0 Å². The molecule has 1 unspecified atom stereocenters. The van der Waals surface area contributed by atoms with Gasteiger partial charge in [-0.25, -0.2) is 0 Å². The third kappa shape index (κ3) is 2.65. The third-order valence-electron chi connectivity index (χ3n) is 4.55. The number of aliphatic carboxylic acids is 1. The van der Waals surface area contributed by atoms with Gasteiger partial charge >= 0.3 is 5.97 Å². The lowest BCUT2D eigenvalue weighted by molar-refractivity contribution is -0.142. The summed E-state index contributed by atoms with van der Waals surface area (Å²) in [5, 5.41) is 9.05. The van der Waals surface area contributed by atoms with Crippen LogP contribution in [0.4, 0.5) is 0 Å². The summed E-state index contributed by atoms with van der Waals surface area (Å²) in [6.07, 6.45) is 5.72. The number of nitrogens with zero attached hydrogens (tertiary/aromatic N) is 1. The van der Waals surface area contributed by atoms with Crippen LogP contribution in [-0.4, -0.2) is 35.1 Å². The van der Waals surface area contributed by atoms with Gasteiger partial charge < -0.3 is 5.11 Å². The summed E-state index contributed by atoms with van der Waals surface area (Å²) >= 11 is 0. The molecular weight excluding hydrogens is 214 g/mol. The Bertz CT molecular complexity index is 292. The highest BCUT2D eigenvalue weighted by atomic mass is 16.4. The van der Waals surface area contributed by atoms with Gasteiger partial charge in [0.2, 0.25) is 0 Å². The Kier molecular flexibility index (Phi) is 3.23. The fourth-order valence-electron chi connectivity index (χ4n) is 3.63. The van der Waals surface area contributed by atoms with E-state index in [-0.39, 0.29) is 17.9 Å². The highest BCUT2D eigenvalue weighted by Crippen LogP contribution is 2.48. The maximum Gasteiger partial charge on any atom is 0.304 e. The van der Waals surface area contributed by atoms with Gasteiger partial charge in [0.05, 0.1) is 6.42 Å². The summed E-state index contributed by atoms with van der Waals surface area (Å²) in [4.78, 5) is 13.4. The molecule has 0 aromatic rings. The zero-order valence-corrected chi connectivity index (χ0v) is 11.3. The van der Waals surface area contributed by atoms with Crippen LogP contribution in [0.15, 0.2) is 0 Å². The van der Waals surface area contributed by atoms with Gasteiger partial charge in [-0.2, -0.15) is 0 Å². The van der Waals surface area contributed by atoms with E-state index in [2.05, 4.69) is 25.7 Å². The van der Waals surface area contributed by atoms with Gasteiger partial charge in [-0.3, -0.25) is 9.69 Å². The molecule has 1 aliphatic carbocycles. The lowest BCUT2D eigenvalue weighted by Crippen LogP contribution is -2.61. The fourth-order valence-corrected chi connectivity index (χ4v) is 3.63. The van der Waals surface area contributed by atoms with Crippen LogP contribution >= 0.6 is 0 Å². The quantitative estimate of drug-likeness (QED) is 0.823. The maximum absolute atomic E-state index is 11.0. The van der Waals surface area contributed by atoms with E-state index in [0.29, 0.717) is 5.41 Å². The van der Waals surface area contributed by atoms with Crippen molar-refractivity contribution in [3.8, 4) is 0 Å². The van der Waals surface area contributed by atoms with Crippen LogP contribution < -0.4 is 0 Å². The van der Waals surface area contributed by atoms with E-state index in [1.807, 2.05) is 0 Å². The van der Waals surface area contributed by atoms with Crippen LogP contribution in [0, 0.1) is 10.8 Å². The third-order valence-corrected chi connectivity index (χ3v) is 4.55. The summed E-state index contributed by atoms with van der Waals surface area (Å²) in [7, 11) is 0. The smallest absolute Gasteiger partial charge is 0.304 e. The predicted molar refractivity (Wildman–Crippen MR) is 68.0 cm³/mol. The van der Waals surface area contributed by atoms with Gasteiger partial charge in [0, 0.05) is 19.1 Å². The molecule has 1 saturated carbocycles. The number of likely N-dealkylation sites (tertiary alicyclic amines) is 1. The first kappa shape index (κ1) is 12.9. The molecule has 98 valence electrons. The molecule has 1 spiro atoms. The summed E-state index contributed by atoms with van der Waals surface area (Å²) in [5.74, 6) is -0.669. The topological polar surface area (TPSA) is 40.5 Å². The van der Waals surface area contributed by atoms with Crippen molar-refractivity contribution in [3.63, 3.8) is 0 Å². The van der Waals surface area contributed by atoms with Crippen LogP contribution in [0.5, 0.6) is 0 Å². The number of carboxylic acid groups (broad SMARTS) is 1. The monoisotopic (exact) mass is 239 g/mol. The molecule has 3 nitrogen and oxygen atoms in total. The second-order valence-corrected chi connectivity index (χ2v) is 7.09. The predicted octanol–water partition coefficient (Wildman–Crippen LogP) is 2.75. The minimum absolute atomic E-state index is 0.0542. The van der Waals surface area contributed by atoms with Gasteiger partial charge in [0.1, 0.15) is 0 Å². The van der Waals surface area contributed by atoms with Crippen molar-refractivity contribution in [3.05, 3.63) is 0 Å². The van der Waals surface area contributed by atoms with E-state index in [1.54, 1.807) is 0 Å². The molecule has 2 rings (SSSR count). The number of carbonyl (C=O) groups is 1. The summed E-state index contributed by atoms with van der Waals surface area (Å²) in [6.45, 7) is 8.71. The number of rotatable bonds is 3.